The Labute approximate surface area is 111 Å². The van der Waals surface area contributed by atoms with Gasteiger partial charge in [0.25, 0.3) is 0 Å². The Hall–Kier alpha value is -1.59. The van der Waals surface area contributed by atoms with E-state index in [4.69, 9.17) is 4.74 Å². The van der Waals surface area contributed by atoms with E-state index in [2.05, 4.69) is 5.32 Å². The monoisotopic (exact) mass is 263 g/mol. The van der Waals surface area contributed by atoms with Crippen LogP contribution in [0.2, 0.25) is 0 Å². The largest absolute Gasteiger partial charge is 0.486 e. The SMILES string of the molecule is O=C(O)C1C(O)c2ccccc2OC12CCNCC2. The molecule has 0 aliphatic carbocycles. The van der Waals surface area contributed by atoms with E-state index in [0.29, 0.717) is 37.2 Å². The van der Waals surface area contributed by atoms with Gasteiger partial charge in [-0.1, -0.05) is 18.2 Å². The lowest BCUT2D eigenvalue weighted by Crippen LogP contribution is -2.57. The number of aliphatic hydroxyl groups is 1. The van der Waals surface area contributed by atoms with Crippen LogP contribution in [0.15, 0.2) is 24.3 Å². The van der Waals surface area contributed by atoms with E-state index in [-0.39, 0.29) is 0 Å². The highest BCUT2D eigenvalue weighted by molar-refractivity contribution is 5.74. The van der Waals surface area contributed by atoms with Gasteiger partial charge in [-0.25, -0.2) is 0 Å². The number of aliphatic hydroxyl groups excluding tert-OH is 1. The molecule has 0 radical (unpaired) electrons. The minimum absolute atomic E-state index is 0.569. The number of hydrogen-bond acceptors (Lipinski definition) is 4. The molecule has 1 aromatic rings. The Kier molecular flexibility index (Phi) is 2.95. The summed E-state index contributed by atoms with van der Waals surface area (Å²) in [6, 6.07) is 7.14. The highest BCUT2D eigenvalue weighted by atomic mass is 16.5. The van der Waals surface area contributed by atoms with Crippen LogP contribution in [0.25, 0.3) is 0 Å². The van der Waals surface area contributed by atoms with E-state index in [0.717, 1.165) is 0 Å². The normalized spacial score (nSPS) is 28.5. The van der Waals surface area contributed by atoms with Crippen molar-refractivity contribution in [3.63, 3.8) is 0 Å². The molecule has 0 bridgehead atoms. The van der Waals surface area contributed by atoms with Gasteiger partial charge >= 0.3 is 5.97 Å². The van der Waals surface area contributed by atoms with Gasteiger partial charge in [0.05, 0.1) is 6.10 Å². The van der Waals surface area contributed by atoms with Gasteiger partial charge < -0.3 is 20.3 Å². The number of carbonyl (C=O) groups is 1. The topological polar surface area (TPSA) is 78.8 Å². The van der Waals surface area contributed by atoms with Crippen molar-refractivity contribution in [3.8, 4) is 5.75 Å². The molecule has 19 heavy (non-hydrogen) atoms. The summed E-state index contributed by atoms with van der Waals surface area (Å²) < 4.78 is 6.02. The van der Waals surface area contributed by atoms with Crippen molar-refractivity contribution in [1.82, 2.24) is 5.32 Å². The minimum Gasteiger partial charge on any atom is -0.486 e. The lowest BCUT2D eigenvalue weighted by atomic mass is 9.73. The molecule has 1 spiro atoms. The molecule has 0 aromatic heterocycles. The number of fused-ring (bicyclic) bond motifs is 1. The van der Waals surface area contributed by atoms with E-state index >= 15 is 0 Å². The number of carboxylic acid groups (broad SMARTS) is 1. The predicted molar refractivity (Wildman–Crippen MR) is 68.0 cm³/mol. The number of ether oxygens (including phenoxy) is 1. The first-order valence-electron chi connectivity index (χ1n) is 6.54. The van der Waals surface area contributed by atoms with Gasteiger partial charge in [-0.3, -0.25) is 4.79 Å². The number of benzene rings is 1. The first-order valence-corrected chi connectivity index (χ1v) is 6.54. The summed E-state index contributed by atoms with van der Waals surface area (Å²) in [6.07, 6.45) is 0.172. The van der Waals surface area contributed by atoms with Crippen LogP contribution in [0.3, 0.4) is 0 Å². The number of aliphatic carboxylic acids is 1. The zero-order valence-corrected chi connectivity index (χ0v) is 10.5. The summed E-state index contributed by atoms with van der Waals surface area (Å²) in [5, 5.41) is 23.1. The van der Waals surface area contributed by atoms with Crippen LogP contribution in [0.1, 0.15) is 24.5 Å². The lowest BCUT2D eigenvalue weighted by Gasteiger charge is -2.47. The van der Waals surface area contributed by atoms with E-state index < -0.39 is 23.6 Å². The van der Waals surface area contributed by atoms with Crippen LogP contribution in [0.5, 0.6) is 5.75 Å². The number of hydrogen-bond donors (Lipinski definition) is 3. The zero-order valence-electron chi connectivity index (χ0n) is 10.5. The third-order valence-corrected chi connectivity index (χ3v) is 4.15. The van der Waals surface area contributed by atoms with Crippen molar-refractivity contribution >= 4 is 5.97 Å². The quantitative estimate of drug-likeness (QED) is 0.702. The third-order valence-electron chi connectivity index (χ3n) is 4.15. The Morgan fingerprint density at radius 3 is 2.68 bits per heavy atom. The second-order valence-corrected chi connectivity index (χ2v) is 5.22. The summed E-state index contributed by atoms with van der Waals surface area (Å²) in [5.41, 5.74) is -0.232. The second-order valence-electron chi connectivity index (χ2n) is 5.22. The lowest BCUT2D eigenvalue weighted by molar-refractivity contribution is -0.165. The third kappa shape index (κ3) is 1.89. The number of para-hydroxylation sites is 1. The Balaban J connectivity index is 2.07. The minimum atomic E-state index is -1.01. The van der Waals surface area contributed by atoms with Crippen molar-refractivity contribution < 1.29 is 19.7 Å². The molecule has 1 fully saturated rings. The second kappa shape index (κ2) is 4.51. The van der Waals surface area contributed by atoms with Gasteiger partial charge in [0.15, 0.2) is 0 Å². The average molecular weight is 263 g/mol. The maximum atomic E-state index is 11.6. The summed E-state index contributed by atoms with van der Waals surface area (Å²) in [5.74, 6) is -1.30. The molecular formula is C14H17NO4. The van der Waals surface area contributed by atoms with Crippen molar-refractivity contribution in [1.29, 1.82) is 0 Å². The van der Waals surface area contributed by atoms with Crippen molar-refractivity contribution in [3.05, 3.63) is 29.8 Å². The van der Waals surface area contributed by atoms with Gasteiger partial charge in [0.1, 0.15) is 17.3 Å². The summed E-state index contributed by atoms with van der Waals surface area (Å²) in [6.45, 7) is 1.41. The van der Waals surface area contributed by atoms with Crippen LogP contribution in [-0.2, 0) is 4.79 Å². The van der Waals surface area contributed by atoms with E-state index in [1.165, 1.54) is 0 Å². The van der Waals surface area contributed by atoms with Crippen LogP contribution >= 0.6 is 0 Å². The van der Waals surface area contributed by atoms with Gasteiger partial charge in [-0.15, -0.1) is 0 Å². The van der Waals surface area contributed by atoms with Gasteiger partial charge in [-0.2, -0.15) is 0 Å². The zero-order chi connectivity index (χ0) is 13.5. The van der Waals surface area contributed by atoms with Gasteiger partial charge in [-0.05, 0) is 19.2 Å². The maximum absolute atomic E-state index is 11.6. The molecular weight excluding hydrogens is 246 g/mol. The summed E-state index contributed by atoms with van der Waals surface area (Å²) >= 11 is 0. The molecule has 3 N–H and O–H groups in total. The molecule has 5 heteroatoms. The number of rotatable bonds is 1. The summed E-state index contributed by atoms with van der Waals surface area (Å²) in [7, 11) is 0. The first kappa shape index (κ1) is 12.4. The Morgan fingerprint density at radius 1 is 1.32 bits per heavy atom. The molecule has 0 saturated carbocycles. The molecule has 2 heterocycles. The molecule has 102 valence electrons. The molecule has 5 nitrogen and oxygen atoms in total. The van der Waals surface area contributed by atoms with Crippen molar-refractivity contribution in [2.75, 3.05) is 13.1 Å². The molecule has 1 aromatic carbocycles. The fourth-order valence-corrected chi connectivity index (χ4v) is 3.19. The van der Waals surface area contributed by atoms with Gasteiger partial charge in [0, 0.05) is 18.4 Å². The van der Waals surface area contributed by atoms with E-state index in [9.17, 15) is 15.0 Å². The number of nitrogens with one attached hydrogen (secondary N) is 1. The van der Waals surface area contributed by atoms with Gasteiger partial charge in [0.2, 0.25) is 0 Å². The average Bonchev–Trinajstić information content (AvgIpc) is 2.39. The summed E-state index contributed by atoms with van der Waals surface area (Å²) in [4.78, 5) is 11.6. The maximum Gasteiger partial charge on any atom is 0.313 e. The predicted octanol–water partition coefficient (Wildman–Crippen LogP) is 0.935. The highest BCUT2D eigenvalue weighted by Crippen LogP contribution is 2.47. The molecule has 2 unspecified atom stereocenters. The van der Waals surface area contributed by atoms with Crippen molar-refractivity contribution in [2.45, 2.75) is 24.5 Å². The Bertz CT molecular complexity index is 496. The molecule has 3 rings (SSSR count). The molecule has 2 aliphatic rings. The molecule has 1 saturated heterocycles. The van der Waals surface area contributed by atoms with E-state index in [1.807, 2.05) is 6.07 Å². The molecule has 2 atom stereocenters. The van der Waals surface area contributed by atoms with Crippen LogP contribution < -0.4 is 10.1 Å². The van der Waals surface area contributed by atoms with Crippen molar-refractivity contribution in [2.24, 2.45) is 5.92 Å². The fraction of sp³-hybridized carbons (Fsp3) is 0.500. The van der Waals surface area contributed by atoms with Crippen LogP contribution in [0.4, 0.5) is 0 Å². The number of carboxylic acids is 1. The first-order chi connectivity index (χ1) is 9.14. The highest BCUT2D eigenvalue weighted by Gasteiger charge is 2.53. The van der Waals surface area contributed by atoms with E-state index in [1.54, 1.807) is 18.2 Å². The van der Waals surface area contributed by atoms with Crippen LogP contribution in [0, 0.1) is 5.92 Å². The molecule has 0 amide bonds. The fourth-order valence-electron chi connectivity index (χ4n) is 3.19. The molecule has 2 aliphatic heterocycles. The smallest absolute Gasteiger partial charge is 0.313 e. The number of piperidine rings is 1. The Morgan fingerprint density at radius 2 is 2.00 bits per heavy atom. The standard InChI is InChI=1S/C14H17NO4/c16-12-9-3-1-2-4-10(9)19-14(11(12)13(17)18)5-7-15-8-6-14/h1-4,11-12,15-16H,5-8H2,(H,17,18). The van der Waals surface area contributed by atoms with Crippen LogP contribution in [-0.4, -0.2) is 34.9 Å².